The maximum Gasteiger partial charge on any atom is 0.289 e. The highest BCUT2D eigenvalue weighted by Gasteiger charge is 2.41. The van der Waals surface area contributed by atoms with E-state index in [1.807, 2.05) is 24.3 Å². The number of fused-ring (bicyclic) bond motifs is 4. The number of nitro benzene ring substituents is 1. The molecule has 0 aromatic heterocycles. The molecule has 5 rings (SSSR count). The van der Waals surface area contributed by atoms with Crippen LogP contribution in [0, 0.1) is 15.5 Å². The Labute approximate surface area is 195 Å². The number of nitrogens with one attached hydrogen (secondary N) is 1. The normalized spacial score (nSPS) is 19.4. The highest BCUT2D eigenvalue weighted by atomic mass is 35.5. The quantitative estimate of drug-likeness (QED) is 0.316. The smallest absolute Gasteiger partial charge is 0.289 e. The summed E-state index contributed by atoms with van der Waals surface area (Å²) >= 11 is 12.8. The molecule has 1 N–H and O–H groups in total. The van der Waals surface area contributed by atoms with Gasteiger partial charge in [0.25, 0.3) is 5.69 Å². The largest absolute Gasteiger partial charge is 0.373 e. The summed E-state index contributed by atoms with van der Waals surface area (Å²) in [6, 6.07) is 14.6. The summed E-state index contributed by atoms with van der Waals surface area (Å²) in [5, 5.41) is 16.9. The van der Waals surface area contributed by atoms with Gasteiger partial charge in [0.1, 0.15) is 5.02 Å². The van der Waals surface area contributed by atoms with Crippen molar-refractivity contribution in [2.75, 3.05) is 5.32 Å². The Morgan fingerprint density at radius 3 is 2.53 bits per heavy atom. The van der Waals surface area contributed by atoms with Crippen molar-refractivity contribution in [3.05, 3.63) is 85.4 Å². The van der Waals surface area contributed by atoms with Crippen molar-refractivity contribution in [3.63, 3.8) is 0 Å². The number of allylic oxidation sites excluding steroid dienone is 1. The molecular formula is C25H20Cl2N2O3. The molecule has 3 aromatic carbocycles. The maximum absolute atomic E-state index is 13.5. The lowest BCUT2D eigenvalue weighted by atomic mass is 9.68. The second kappa shape index (κ2) is 7.32. The topological polar surface area (TPSA) is 72.2 Å². The zero-order chi connectivity index (χ0) is 22.8. The van der Waals surface area contributed by atoms with Gasteiger partial charge in [0.15, 0.2) is 5.78 Å². The summed E-state index contributed by atoms with van der Waals surface area (Å²) in [7, 11) is 0. The van der Waals surface area contributed by atoms with Crippen molar-refractivity contribution in [1.29, 1.82) is 0 Å². The number of hydrogen-bond acceptors (Lipinski definition) is 4. The predicted molar refractivity (Wildman–Crippen MR) is 128 cm³/mol. The molecule has 0 bridgehead atoms. The first kappa shape index (κ1) is 21.0. The lowest BCUT2D eigenvalue weighted by molar-refractivity contribution is -0.384. The summed E-state index contributed by atoms with van der Waals surface area (Å²) in [4.78, 5) is 24.2. The van der Waals surface area contributed by atoms with Crippen LogP contribution in [0.3, 0.4) is 0 Å². The van der Waals surface area contributed by atoms with Gasteiger partial charge >= 0.3 is 0 Å². The molecule has 1 aliphatic carbocycles. The number of hydrogen-bond donors (Lipinski definition) is 1. The highest BCUT2D eigenvalue weighted by molar-refractivity contribution is 6.44. The maximum atomic E-state index is 13.5. The van der Waals surface area contributed by atoms with Crippen molar-refractivity contribution in [2.24, 2.45) is 5.41 Å². The van der Waals surface area contributed by atoms with Gasteiger partial charge in [-0.05, 0) is 45.9 Å². The van der Waals surface area contributed by atoms with E-state index in [4.69, 9.17) is 23.2 Å². The third kappa shape index (κ3) is 3.19. The third-order valence-corrected chi connectivity index (χ3v) is 7.23. The number of halogens is 2. The van der Waals surface area contributed by atoms with Crippen molar-refractivity contribution in [3.8, 4) is 0 Å². The Kier molecular flexibility index (Phi) is 4.80. The number of nitro groups is 1. The molecule has 1 heterocycles. The minimum atomic E-state index is -0.563. The Balaban J connectivity index is 1.79. The molecule has 32 heavy (non-hydrogen) atoms. The van der Waals surface area contributed by atoms with Crippen LogP contribution in [0.1, 0.15) is 43.9 Å². The minimum absolute atomic E-state index is 0.0536. The number of nitrogens with zero attached hydrogens (tertiary/aromatic N) is 1. The van der Waals surface area contributed by atoms with Gasteiger partial charge in [-0.2, -0.15) is 0 Å². The monoisotopic (exact) mass is 466 g/mol. The van der Waals surface area contributed by atoms with E-state index in [1.165, 1.54) is 6.07 Å². The third-order valence-electron chi connectivity index (χ3n) is 6.34. The fourth-order valence-corrected chi connectivity index (χ4v) is 5.50. The number of carbonyl (C=O) groups is 1. The minimum Gasteiger partial charge on any atom is -0.373 e. The van der Waals surface area contributed by atoms with Crippen LogP contribution in [-0.2, 0) is 4.79 Å². The van der Waals surface area contributed by atoms with E-state index in [0.717, 1.165) is 34.0 Å². The van der Waals surface area contributed by atoms with E-state index in [1.54, 1.807) is 6.07 Å². The molecule has 0 saturated carbocycles. The Hall–Kier alpha value is -2.89. The standard InChI is InChI=1S/C25H20Cl2N2O3/c1-25(2)11-16-20-14-6-4-3-5-13(14)7-9-17(20)28-24(21(16)19(30)12-25)15-8-10-18(29(31)32)23(27)22(15)26/h3-10,24,28H,11-12H2,1-2H3/t24-/m1/s1. The first-order valence-corrected chi connectivity index (χ1v) is 11.1. The molecule has 0 radical (unpaired) electrons. The average Bonchev–Trinajstić information content (AvgIpc) is 2.73. The van der Waals surface area contributed by atoms with Crippen molar-refractivity contribution < 1.29 is 9.72 Å². The average molecular weight is 467 g/mol. The van der Waals surface area contributed by atoms with Crippen LogP contribution in [0.4, 0.5) is 11.4 Å². The summed E-state index contributed by atoms with van der Waals surface area (Å²) < 4.78 is 0. The molecule has 0 unspecified atom stereocenters. The van der Waals surface area contributed by atoms with Crippen LogP contribution in [0.5, 0.6) is 0 Å². The number of carbonyl (C=O) groups excluding carboxylic acids is 1. The first-order valence-electron chi connectivity index (χ1n) is 10.3. The van der Waals surface area contributed by atoms with Gasteiger partial charge in [0.2, 0.25) is 0 Å². The molecule has 0 fully saturated rings. The molecule has 0 spiro atoms. The number of Topliss-reactive ketones (excluding diaryl/α,β-unsaturated/α-hetero) is 1. The Morgan fingerprint density at radius 2 is 1.78 bits per heavy atom. The molecule has 1 aliphatic heterocycles. The lowest BCUT2D eigenvalue weighted by Crippen LogP contribution is -2.33. The van der Waals surface area contributed by atoms with Crippen LogP contribution in [-0.4, -0.2) is 10.7 Å². The SMILES string of the molecule is CC1(C)CC(=O)C2=C(C1)c1c(ccc3ccccc13)N[C@@H]2c1ccc([N+](=O)[O-])c(Cl)c1Cl. The fraction of sp³-hybridized carbons (Fsp3) is 0.240. The molecule has 1 atom stereocenters. The molecular weight excluding hydrogens is 447 g/mol. The number of anilines is 1. The number of rotatable bonds is 2. The molecule has 3 aromatic rings. The molecule has 0 amide bonds. The highest BCUT2D eigenvalue weighted by Crippen LogP contribution is 2.53. The van der Waals surface area contributed by atoms with E-state index in [2.05, 4.69) is 31.3 Å². The van der Waals surface area contributed by atoms with Crippen molar-refractivity contribution in [2.45, 2.75) is 32.7 Å². The van der Waals surface area contributed by atoms with Gasteiger partial charge in [-0.3, -0.25) is 14.9 Å². The molecule has 5 nitrogen and oxygen atoms in total. The lowest BCUT2D eigenvalue weighted by Gasteiger charge is -2.40. The van der Waals surface area contributed by atoms with Crippen molar-refractivity contribution in [1.82, 2.24) is 0 Å². The van der Waals surface area contributed by atoms with Gasteiger partial charge in [-0.15, -0.1) is 0 Å². The van der Waals surface area contributed by atoms with Crippen LogP contribution in [0.15, 0.2) is 54.1 Å². The van der Waals surface area contributed by atoms with E-state index < -0.39 is 11.0 Å². The zero-order valence-electron chi connectivity index (χ0n) is 17.5. The van der Waals surface area contributed by atoms with Gasteiger partial charge in [0.05, 0.1) is 16.0 Å². The van der Waals surface area contributed by atoms with Crippen LogP contribution in [0.25, 0.3) is 16.3 Å². The van der Waals surface area contributed by atoms with Crippen LogP contribution < -0.4 is 5.32 Å². The van der Waals surface area contributed by atoms with E-state index in [0.29, 0.717) is 17.6 Å². The zero-order valence-corrected chi connectivity index (χ0v) is 19.1. The van der Waals surface area contributed by atoms with Crippen LogP contribution in [0.2, 0.25) is 10.0 Å². The Morgan fingerprint density at radius 1 is 1.03 bits per heavy atom. The summed E-state index contributed by atoms with van der Waals surface area (Å²) in [5.41, 5.74) is 3.74. The molecule has 0 saturated heterocycles. The molecule has 2 aliphatic rings. The number of benzene rings is 3. The predicted octanol–water partition coefficient (Wildman–Crippen LogP) is 7.36. The second-order valence-corrected chi connectivity index (χ2v) is 9.93. The van der Waals surface area contributed by atoms with Crippen molar-refractivity contribution >= 4 is 56.7 Å². The molecule has 7 heteroatoms. The second-order valence-electron chi connectivity index (χ2n) is 9.18. The molecule has 162 valence electrons. The van der Waals surface area contributed by atoms with Gasteiger partial charge in [-0.1, -0.05) is 67.4 Å². The van der Waals surface area contributed by atoms with Gasteiger partial charge < -0.3 is 5.32 Å². The number of ketones is 1. The summed E-state index contributed by atoms with van der Waals surface area (Å²) in [6.45, 7) is 4.21. The van der Waals surface area contributed by atoms with E-state index in [-0.39, 0.29) is 26.9 Å². The van der Waals surface area contributed by atoms with Gasteiger partial charge in [-0.25, -0.2) is 0 Å². The summed E-state index contributed by atoms with van der Waals surface area (Å²) in [6.07, 6.45) is 1.16. The van der Waals surface area contributed by atoms with E-state index >= 15 is 0 Å². The fourth-order valence-electron chi connectivity index (χ4n) is 4.99. The van der Waals surface area contributed by atoms with Crippen LogP contribution >= 0.6 is 23.2 Å². The van der Waals surface area contributed by atoms with E-state index in [9.17, 15) is 14.9 Å². The Bertz CT molecular complexity index is 1360. The first-order chi connectivity index (χ1) is 15.2. The summed E-state index contributed by atoms with van der Waals surface area (Å²) in [5.74, 6) is 0.0536. The van der Waals surface area contributed by atoms with Gasteiger partial charge in [0, 0.05) is 29.3 Å².